The molecule has 0 saturated heterocycles. The number of nitrogens with two attached hydrogens (primary N) is 1. The number of carbonyl (C=O) groups excluding carboxylic acids is 1. The topological polar surface area (TPSA) is 43.1 Å². The molecule has 0 spiro atoms. The molecule has 0 aliphatic heterocycles. The summed E-state index contributed by atoms with van der Waals surface area (Å²) in [4.78, 5) is 10.2. The third-order valence-corrected chi connectivity index (χ3v) is 1.67. The number of aldehydes is 1. The Morgan fingerprint density at radius 1 is 1.55 bits per heavy atom. The molecule has 2 N–H and O–H groups in total. The lowest BCUT2D eigenvalue weighted by molar-refractivity contribution is -0.107. The van der Waals surface area contributed by atoms with Gasteiger partial charge >= 0.3 is 0 Å². The van der Waals surface area contributed by atoms with Crippen LogP contribution in [0.1, 0.15) is 11.1 Å². The standard InChI is InChI=1S/C9H11NO/c1-7-6-9(10)3-2-8(7)4-5-11/h2-3,5-6H,4,10H2,1H3. The van der Waals surface area contributed by atoms with Crippen molar-refractivity contribution < 1.29 is 4.79 Å². The molecule has 58 valence electrons. The fraction of sp³-hybridized carbons (Fsp3) is 0.222. The minimum atomic E-state index is 0.478. The second kappa shape index (κ2) is 3.19. The highest BCUT2D eigenvalue weighted by Crippen LogP contribution is 2.11. The van der Waals surface area contributed by atoms with Gasteiger partial charge in [-0.15, -0.1) is 0 Å². The maximum absolute atomic E-state index is 10.2. The third kappa shape index (κ3) is 1.80. The van der Waals surface area contributed by atoms with Crippen LogP contribution in [0.5, 0.6) is 0 Å². The monoisotopic (exact) mass is 149 g/mol. The molecule has 0 amide bonds. The molecule has 2 nitrogen and oxygen atoms in total. The lowest BCUT2D eigenvalue weighted by atomic mass is 10.1. The third-order valence-electron chi connectivity index (χ3n) is 1.67. The maximum atomic E-state index is 10.2. The molecule has 0 heterocycles. The van der Waals surface area contributed by atoms with Crippen LogP contribution in [0.3, 0.4) is 0 Å². The average Bonchev–Trinajstić information content (AvgIpc) is 1.95. The minimum Gasteiger partial charge on any atom is -0.399 e. The lowest BCUT2D eigenvalue weighted by Crippen LogP contribution is -1.92. The Bertz CT molecular complexity index is 268. The van der Waals surface area contributed by atoms with Crippen LogP contribution >= 0.6 is 0 Å². The number of carbonyl (C=O) groups is 1. The summed E-state index contributed by atoms with van der Waals surface area (Å²) in [6.07, 6.45) is 1.38. The highest BCUT2D eigenvalue weighted by atomic mass is 16.1. The summed E-state index contributed by atoms with van der Waals surface area (Å²) >= 11 is 0. The smallest absolute Gasteiger partial charge is 0.124 e. The molecule has 0 fully saturated rings. The predicted molar refractivity (Wildman–Crippen MR) is 45.4 cm³/mol. The van der Waals surface area contributed by atoms with Crippen molar-refractivity contribution in [2.24, 2.45) is 0 Å². The Balaban J connectivity index is 2.98. The van der Waals surface area contributed by atoms with Crippen LogP contribution < -0.4 is 5.73 Å². The van der Waals surface area contributed by atoms with E-state index in [2.05, 4.69) is 0 Å². The van der Waals surface area contributed by atoms with E-state index in [1.54, 1.807) is 0 Å². The number of benzene rings is 1. The summed E-state index contributed by atoms with van der Waals surface area (Å²) in [6.45, 7) is 1.95. The fourth-order valence-electron chi connectivity index (χ4n) is 1.04. The van der Waals surface area contributed by atoms with Crippen LogP contribution in [0.2, 0.25) is 0 Å². The summed E-state index contributed by atoms with van der Waals surface area (Å²) in [5.74, 6) is 0. The van der Waals surface area contributed by atoms with E-state index in [-0.39, 0.29) is 0 Å². The van der Waals surface area contributed by atoms with E-state index in [1.165, 1.54) is 0 Å². The largest absolute Gasteiger partial charge is 0.399 e. The van der Waals surface area contributed by atoms with Crippen molar-refractivity contribution in [1.29, 1.82) is 0 Å². The van der Waals surface area contributed by atoms with Gasteiger partial charge in [0.2, 0.25) is 0 Å². The van der Waals surface area contributed by atoms with Crippen molar-refractivity contribution in [3.63, 3.8) is 0 Å². The quantitative estimate of drug-likeness (QED) is 0.509. The van der Waals surface area contributed by atoms with Gasteiger partial charge in [-0.3, -0.25) is 0 Å². The Labute approximate surface area is 66.0 Å². The van der Waals surface area contributed by atoms with Gasteiger partial charge in [-0.25, -0.2) is 0 Å². The first-order valence-electron chi connectivity index (χ1n) is 3.52. The zero-order valence-corrected chi connectivity index (χ0v) is 6.50. The van der Waals surface area contributed by atoms with Gasteiger partial charge in [-0.05, 0) is 30.2 Å². The Morgan fingerprint density at radius 2 is 2.27 bits per heavy atom. The van der Waals surface area contributed by atoms with Crippen molar-refractivity contribution in [1.82, 2.24) is 0 Å². The maximum Gasteiger partial charge on any atom is 0.124 e. The average molecular weight is 149 g/mol. The molecule has 0 saturated carbocycles. The molecular formula is C9H11NO. The number of hydrogen-bond acceptors (Lipinski definition) is 2. The van der Waals surface area contributed by atoms with Crippen LogP contribution in [0.15, 0.2) is 18.2 Å². The lowest BCUT2D eigenvalue weighted by Gasteiger charge is -2.01. The van der Waals surface area contributed by atoms with Crippen LogP contribution in [0, 0.1) is 6.92 Å². The zero-order valence-electron chi connectivity index (χ0n) is 6.50. The second-order valence-electron chi connectivity index (χ2n) is 2.56. The molecule has 0 atom stereocenters. The molecule has 1 aromatic carbocycles. The van der Waals surface area contributed by atoms with E-state index < -0.39 is 0 Å². The molecule has 1 rings (SSSR count). The van der Waals surface area contributed by atoms with E-state index in [4.69, 9.17) is 5.73 Å². The van der Waals surface area contributed by atoms with Crippen molar-refractivity contribution in [2.45, 2.75) is 13.3 Å². The zero-order chi connectivity index (χ0) is 8.27. The van der Waals surface area contributed by atoms with Crippen LogP contribution in [-0.4, -0.2) is 6.29 Å². The van der Waals surface area contributed by atoms with Gasteiger partial charge in [-0.1, -0.05) is 6.07 Å². The molecule has 0 bridgehead atoms. The molecule has 11 heavy (non-hydrogen) atoms. The van der Waals surface area contributed by atoms with Gasteiger partial charge < -0.3 is 10.5 Å². The van der Waals surface area contributed by atoms with E-state index in [1.807, 2.05) is 25.1 Å². The first-order valence-corrected chi connectivity index (χ1v) is 3.52. The highest BCUT2D eigenvalue weighted by Gasteiger charge is 1.96. The Kier molecular flexibility index (Phi) is 2.26. The van der Waals surface area contributed by atoms with E-state index in [0.717, 1.165) is 23.1 Å². The number of aryl methyl sites for hydroxylation is 1. The first-order chi connectivity index (χ1) is 5.24. The normalized spacial score (nSPS) is 9.55. The van der Waals surface area contributed by atoms with Gasteiger partial charge in [-0.2, -0.15) is 0 Å². The molecule has 0 aliphatic carbocycles. The molecular weight excluding hydrogens is 138 g/mol. The highest BCUT2D eigenvalue weighted by molar-refractivity contribution is 5.57. The van der Waals surface area contributed by atoms with Crippen molar-refractivity contribution in [3.05, 3.63) is 29.3 Å². The minimum absolute atomic E-state index is 0.478. The summed E-state index contributed by atoms with van der Waals surface area (Å²) in [5, 5.41) is 0. The molecule has 0 aliphatic rings. The predicted octanol–water partition coefficient (Wildman–Crippen LogP) is 1.32. The van der Waals surface area contributed by atoms with Gasteiger partial charge in [0.05, 0.1) is 0 Å². The fourth-order valence-corrected chi connectivity index (χ4v) is 1.04. The first kappa shape index (κ1) is 7.79. The van der Waals surface area contributed by atoms with Crippen LogP contribution in [0.4, 0.5) is 5.69 Å². The van der Waals surface area contributed by atoms with Crippen molar-refractivity contribution in [2.75, 3.05) is 5.73 Å². The van der Waals surface area contributed by atoms with Gasteiger partial charge in [0, 0.05) is 12.1 Å². The van der Waals surface area contributed by atoms with E-state index in [0.29, 0.717) is 6.42 Å². The van der Waals surface area contributed by atoms with Crippen LogP contribution in [0.25, 0.3) is 0 Å². The van der Waals surface area contributed by atoms with E-state index in [9.17, 15) is 4.79 Å². The van der Waals surface area contributed by atoms with Crippen LogP contribution in [-0.2, 0) is 11.2 Å². The molecule has 2 heteroatoms. The van der Waals surface area contributed by atoms with E-state index >= 15 is 0 Å². The Hall–Kier alpha value is -1.31. The van der Waals surface area contributed by atoms with Crippen molar-refractivity contribution in [3.8, 4) is 0 Å². The molecule has 0 radical (unpaired) electrons. The van der Waals surface area contributed by atoms with Gasteiger partial charge in [0.1, 0.15) is 6.29 Å². The second-order valence-corrected chi connectivity index (χ2v) is 2.56. The molecule has 1 aromatic rings. The summed E-state index contributed by atoms with van der Waals surface area (Å²) in [5.41, 5.74) is 8.41. The van der Waals surface area contributed by atoms with Gasteiger partial charge in [0.15, 0.2) is 0 Å². The van der Waals surface area contributed by atoms with Gasteiger partial charge in [0.25, 0.3) is 0 Å². The van der Waals surface area contributed by atoms with Crippen molar-refractivity contribution >= 4 is 12.0 Å². The number of anilines is 1. The SMILES string of the molecule is Cc1cc(N)ccc1CC=O. The Morgan fingerprint density at radius 3 is 2.82 bits per heavy atom. The number of hydrogen-bond donors (Lipinski definition) is 1. The molecule has 0 unspecified atom stereocenters. The summed E-state index contributed by atoms with van der Waals surface area (Å²) in [7, 11) is 0. The summed E-state index contributed by atoms with van der Waals surface area (Å²) < 4.78 is 0. The number of rotatable bonds is 2. The molecule has 0 aromatic heterocycles. The number of nitrogen functional groups attached to an aromatic ring is 1. The summed E-state index contributed by atoms with van der Waals surface area (Å²) in [6, 6.07) is 5.57.